The Bertz CT molecular complexity index is 2180. The maximum atomic E-state index is 15.1. The van der Waals surface area contributed by atoms with E-state index in [1.807, 2.05) is 38.8 Å². The summed E-state index contributed by atoms with van der Waals surface area (Å²) in [5.41, 5.74) is 4.53. The molecule has 3 N–H and O–H groups in total. The number of hydrogen-bond donors (Lipinski definition) is 3. The van der Waals surface area contributed by atoms with E-state index < -0.39 is 47.1 Å². The van der Waals surface area contributed by atoms with E-state index in [2.05, 4.69) is 9.80 Å². The van der Waals surface area contributed by atoms with Crippen LogP contribution in [0.1, 0.15) is 75.7 Å². The smallest absolute Gasteiger partial charge is 0.332 e. The minimum Gasteiger partial charge on any atom is -0.504 e. The molecule has 56 heavy (non-hydrogen) atoms. The van der Waals surface area contributed by atoms with Crippen LogP contribution in [0.2, 0.25) is 0 Å². The Hall–Kier alpha value is -4.41. The van der Waals surface area contributed by atoms with Gasteiger partial charge < -0.3 is 43.7 Å². The molecule has 15 heteroatoms. The molecule has 7 aliphatic heterocycles. The first-order valence-corrected chi connectivity index (χ1v) is 20.1. The van der Waals surface area contributed by atoms with Crippen LogP contribution < -0.4 is 23.7 Å². The molecule has 0 amide bonds. The van der Waals surface area contributed by atoms with E-state index in [4.69, 9.17) is 28.4 Å². The second-order valence-electron chi connectivity index (χ2n) is 15.5. The fourth-order valence-electron chi connectivity index (χ4n) is 10.6. The summed E-state index contributed by atoms with van der Waals surface area (Å²) in [5, 5.41) is 35.0. The monoisotopic (exact) mass is 789 g/mol. The number of ether oxygens (including phenoxy) is 6. The summed E-state index contributed by atoms with van der Waals surface area (Å²) in [6.45, 7) is 7.93. The number of hydrogen-bond acceptors (Lipinski definition) is 15. The van der Waals surface area contributed by atoms with Crippen molar-refractivity contribution >= 4 is 23.7 Å². The number of esters is 2. The Kier molecular flexibility index (Phi) is 8.85. The van der Waals surface area contributed by atoms with Crippen molar-refractivity contribution in [1.29, 1.82) is 0 Å². The maximum Gasteiger partial charge on any atom is 0.332 e. The molecule has 7 aliphatic rings. The number of aromatic hydroxyl groups is 2. The lowest BCUT2D eigenvalue weighted by atomic mass is 9.73. The summed E-state index contributed by atoms with van der Waals surface area (Å²) in [6, 6.07) is 3.23. The molecule has 2 saturated heterocycles. The lowest BCUT2D eigenvalue weighted by Gasteiger charge is -2.62. The number of phenolic OH excluding ortho intramolecular Hbond substituents is 2. The number of carbonyl (C=O) groups is 2. The number of nitrogens with zero attached hydrogens (tertiary/aromatic N) is 3. The van der Waals surface area contributed by atoms with Crippen molar-refractivity contribution in [2.24, 2.45) is 0 Å². The van der Waals surface area contributed by atoms with E-state index >= 15 is 4.79 Å². The molecule has 1 spiro atoms. The fourth-order valence-corrected chi connectivity index (χ4v) is 12.4. The van der Waals surface area contributed by atoms with E-state index in [9.17, 15) is 20.1 Å². The molecule has 0 aromatic heterocycles. The van der Waals surface area contributed by atoms with Crippen molar-refractivity contribution in [2.75, 3.05) is 53.5 Å². The van der Waals surface area contributed by atoms with Crippen molar-refractivity contribution in [3.63, 3.8) is 0 Å². The average molecular weight is 790 g/mol. The molecule has 1 unspecified atom stereocenters. The summed E-state index contributed by atoms with van der Waals surface area (Å²) in [5.74, 6) is 1.10. The van der Waals surface area contributed by atoms with Crippen molar-refractivity contribution in [1.82, 2.24) is 14.7 Å². The van der Waals surface area contributed by atoms with Gasteiger partial charge in [0.05, 0.1) is 37.6 Å². The first-order valence-electron chi connectivity index (χ1n) is 19.0. The molecule has 7 heterocycles. The van der Waals surface area contributed by atoms with Gasteiger partial charge in [-0.1, -0.05) is 13.0 Å². The van der Waals surface area contributed by atoms with E-state index in [1.165, 1.54) is 25.8 Å². The molecule has 3 aromatic carbocycles. The molecule has 0 aliphatic carbocycles. The van der Waals surface area contributed by atoms with Crippen LogP contribution >= 0.6 is 11.8 Å². The fraction of sp³-hybridized carbons (Fsp3) is 0.512. The zero-order valence-electron chi connectivity index (χ0n) is 32.5. The third-order valence-corrected chi connectivity index (χ3v) is 14.4. The Morgan fingerprint density at radius 1 is 1.02 bits per heavy atom. The molecular formula is C41H47N3O11S. The van der Waals surface area contributed by atoms with Gasteiger partial charge in [-0.05, 0) is 74.7 Å². The topological polar surface area (TPSA) is 160 Å². The highest BCUT2D eigenvalue weighted by Crippen LogP contribution is 2.65. The van der Waals surface area contributed by atoms with E-state index in [1.54, 1.807) is 19.2 Å². The predicted octanol–water partition coefficient (Wildman–Crippen LogP) is 4.15. The van der Waals surface area contributed by atoms with Crippen LogP contribution in [0.15, 0.2) is 18.2 Å². The molecule has 4 bridgehead atoms. The number of methoxy groups -OCH3 is 2. The quantitative estimate of drug-likeness (QED) is 0.256. The summed E-state index contributed by atoms with van der Waals surface area (Å²) < 4.78 is 36.3. The van der Waals surface area contributed by atoms with Crippen LogP contribution in [0.5, 0.6) is 40.2 Å². The summed E-state index contributed by atoms with van der Waals surface area (Å²) >= 11 is 1.51. The third-order valence-electron chi connectivity index (χ3n) is 13.0. The highest BCUT2D eigenvalue weighted by Gasteiger charge is 2.62. The standard InChI is InChI=1S/C41H47N3O11S/c1-8-43-10-9-21-13-26(46)27(50-6)14-23(21)41(43)16-56-38-30-29(37-36(53-17-54-37)19(3)35(30)55-20(4)45)25(15-52-40(41)49)44-32(38)31-28-22(12-24(39(44)48)42(31)5)11-18(2)34(51-7)33(28)47/h11,13-14,24-25,31-32,38-39,46-48H,8-10,12,15-17H2,1-7H3/t24-,25-,31+,32?,38-,39+,41-/m1/s1. The van der Waals surface area contributed by atoms with Gasteiger partial charge in [-0.15, -0.1) is 11.8 Å². The zero-order chi connectivity index (χ0) is 39.5. The number of piperazine rings is 1. The highest BCUT2D eigenvalue weighted by molar-refractivity contribution is 7.99. The summed E-state index contributed by atoms with van der Waals surface area (Å²) in [6.07, 6.45) is 0.00794. The van der Waals surface area contributed by atoms with Crippen LogP contribution in [0, 0.1) is 13.8 Å². The molecule has 7 atom stereocenters. The van der Waals surface area contributed by atoms with Crippen molar-refractivity contribution < 1.29 is 53.3 Å². The first kappa shape index (κ1) is 37.2. The Balaban J connectivity index is 1.34. The van der Waals surface area contributed by atoms with Crippen LogP contribution in [-0.2, 0) is 32.7 Å². The van der Waals surface area contributed by atoms with Crippen molar-refractivity contribution in [3.8, 4) is 40.2 Å². The SMILES string of the molecule is CCN1CCc2cc(O)c(OC)cc2[C@@]12CS[C@@H]1c3c(OC(C)=O)c(C)c4c(c3[C@@H](COC2=O)N2C1[C@@H]1c3c(cc(C)c(OC)c3O)C[C@H]([C@@H]2O)N1C)OCO4. The number of likely N-dealkylation sites (N-methyl/N-ethyl adjacent to an activating group) is 2. The number of fused-ring (bicyclic) bond motifs is 9. The van der Waals surface area contributed by atoms with Gasteiger partial charge in [0.25, 0.3) is 0 Å². The number of aliphatic hydroxyl groups excluding tert-OH is 1. The highest BCUT2D eigenvalue weighted by atomic mass is 32.2. The van der Waals surface area contributed by atoms with Crippen molar-refractivity contribution in [3.05, 3.63) is 62.7 Å². The normalized spacial score (nSPS) is 29.2. The van der Waals surface area contributed by atoms with E-state index in [0.29, 0.717) is 76.7 Å². The lowest BCUT2D eigenvalue weighted by molar-refractivity contribution is -0.188. The number of aryl methyl sites for hydroxylation is 1. The number of aliphatic hydroxyl groups is 1. The number of phenols is 2. The van der Waals surface area contributed by atoms with Crippen LogP contribution in [0.25, 0.3) is 0 Å². The second kappa shape index (κ2) is 13.3. The third kappa shape index (κ3) is 4.96. The molecule has 10 rings (SSSR count). The Morgan fingerprint density at radius 3 is 2.50 bits per heavy atom. The molecule has 3 aromatic rings. The molecule has 0 saturated carbocycles. The Morgan fingerprint density at radius 2 is 1.79 bits per heavy atom. The number of carbonyl (C=O) groups excluding carboxylic acids is 2. The molecule has 0 radical (unpaired) electrons. The summed E-state index contributed by atoms with van der Waals surface area (Å²) in [7, 11) is 4.99. The number of rotatable bonds is 4. The number of benzene rings is 3. The van der Waals surface area contributed by atoms with Gasteiger partial charge in [0.1, 0.15) is 18.6 Å². The molecule has 298 valence electrons. The van der Waals surface area contributed by atoms with Crippen LogP contribution in [-0.4, -0.2) is 114 Å². The summed E-state index contributed by atoms with van der Waals surface area (Å²) in [4.78, 5) is 34.3. The van der Waals surface area contributed by atoms with Gasteiger partial charge in [0, 0.05) is 47.5 Å². The molecule has 14 nitrogen and oxygen atoms in total. The lowest BCUT2D eigenvalue weighted by Crippen LogP contribution is -2.70. The maximum absolute atomic E-state index is 15.1. The molecular weight excluding hydrogens is 743 g/mol. The van der Waals surface area contributed by atoms with Gasteiger partial charge in [0.2, 0.25) is 6.79 Å². The second-order valence-corrected chi connectivity index (χ2v) is 16.7. The van der Waals surface area contributed by atoms with E-state index in [-0.39, 0.29) is 42.4 Å². The van der Waals surface area contributed by atoms with Crippen molar-refractivity contribution in [2.45, 2.75) is 81.7 Å². The average Bonchev–Trinajstić information content (AvgIpc) is 3.66. The van der Waals surface area contributed by atoms with Gasteiger partial charge >= 0.3 is 11.9 Å². The van der Waals surface area contributed by atoms with Crippen LogP contribution in [0.4, 0.5) is 0 Å². The largest absolute Gasteiger partial charge is 0.504 e. The van der Waals surface area contributed by atoms with Gasteiger partial charge in [-0.25, -0.2) is 4.79 Å². The zero-order valence-corrected chi connectivity index (χ0v) is 33.3. The van der Waals surface area contributed by atoms with Gasteiger partial charge in [0.15, 0.2) is 40.0 Å². The van der Waals surface area contributed by atoms with Gasteiger partial charge in [-0.3, -0.25) is 19.5 Å². The minimum absolute atomic E-state index is 0.0105. The van der Waals surface area contributed by atoms with Gasteiger partial charge in [-0.2, -0.15) is 0 Å². The number of thioether (sulfide) groups is 1. The predicted molar refractivity (Wildman–Crippen MR) is 204 cm³/mol. The van der Waals surface area contributed by atoms with Crippen LogP contribution in [0.3, 0.4) is 0 Å². The van der Waals surface area contributed by atoms with E-state index in [0.717, 1.165) is 16.7 Å². The Labute approximate surface area is 329 Å². The minimum atomic E-state index is -1.31. The first-order chi connectivity index (χ1) is 26.9. The molecule has 2 fully saturated rings.